The van der Waals surface area contributed by atoms with Crippen LogP contribution in [0, 0.1) is 5.82 Å². The fraction of sp³-hybridized carbons (Fsp3) is 0.188. The lowest BCUT2D eigenvalue weighted by atomic mass is 10.2. The maximum Gasteiger partial charge on any atom is 0.239 e. The van der Waals surface area contributed by atoms with Crippen LogP contribution in [0.4, 0.5) is 10.1 Å². The molecule has 0 saturated carbocycles. The molecule has 21 heavy (non-hydrogen) atoms. The first-order valence-electron chi connectivity index (χ1n) is 6.56. The van der Waals surface area contributed by atoms with Gasteiger partial charge in [-0.25, -0.2) is 4.39 Å². The highest BCUT2D eigenvalue weighted by molar-refractivity contribution is 5.80. The minimum atomic E-state index is -0.336. The van der Waals surface area contributed by atoms with Crippen molar-refractivity contribution in [1.82, 2.24) is 5.32 Å². The summed E-state index contributed by atoms with van der Waals surface area (Å²) < 4.78 is 18.1. The van der Waals surface area contributed by atoms with E-state index in [1.807, 2.05) is 24.3 Å². The Labute approximate surface area is 122 Å². The van der Waals surface area contributed by atoms with Crippen molar-refractivity contribution in [2.75, 3.05) is 19.0 Å². The van der Waals surface area contributed by atoms with Crippen LogP contribution in [0.25, 0.3) is 0 Å². The third-order valence-corrected chi connectivity index (χ3v) is 2.90. The van der Waals surface area contributed by atoms with E-state index >= 15 is 0 Å². The van der Waals surface area contributed by atoms with Gasteiger partial charge in [-0.1, -0.05) is 18.2 Å². The molecule has 0 atom stereocenters. The Hall–Kier alpha value is -2.56. The Morgan fingerprint density at radius 1 is 1.19 bits per heavy atom. The van der Waals surface area contributed by atoms with Crippen LogP contribution in [0.5, 0.6) is 5.75 Å². The molecular weight excluding hydrogens is 271 g/mol. The van der Waals surface area contributed by atoms with E-state index in [9.17, 15) is 9.18 Å². The molecule has 0 heterocycles. The van der Waals surface area contributed by atoms with Crippen LogP contribution in [-0.4, -0.2) is 19.6 Å². The average molecular weight is 288 g/mol. The van der Waals surface area contributed by atoms with Crippen molar-refractivity contribution in [2.24, 2.45) is 0 Å². The highest BCUT2D eigenvalue weighted by atomic mass is 19.1. The summed E-state index contributed by atoms with van der Waals surface area (Å²) in [5.41, 5.74) is 1.53. The van der Waals surface area contributed by atoms with Crippen LogP contribution < -0.4 is 15.4 Å². The lowest BCUT2D eigenvalue weighted by Crippen LogP contribution is -2.29. The number of methoxy groups -OCH3 is 1. The van der Waals surface area contributed by atoms with Gasteiger partial charge < -0.3 is 15.4 Å². The molecule has 1 amide bonds. The van der Waals surface area contributed by atoms with Gasteiger partial charge in [0.1, 0.15) is 11.6 Å². The van der Waals surface area contributed by atoms with Crippen molar-refractivity contribution in [3.8, 4) is 5.75 Å². The number of amides is 1. The molecule has 0 fully saturated rings. The smallest absolute Gasteiger partial charge is 0.239 e. The maximum absolute atomic E-state index is 13.0. The van der Waals surface area contributed by atoms with Gasteiger partial charge in [0.2, 0.25) is 5.91 Å². The Bertz CT molecular complexity index is 617. The number of benzene rings is 2. The number of carbonyl (C=O) groups excluding carboxylic acids is 1. The van der Waals surface area contributed by atoms with Crippen molar-refractivity contribution >= 4 is 11.6 Å². The molecule has 0 aliphatic rings. The van der Waals surface area contributed by atoms with Crippen LogP contribution in [0.1, 0.15) is 5.56 Å². The molecule has 0 aliphatic carbocycles. The zero-order chi connectivity index (χ0) is 15.1. The van der Waals surface area contributed by atoms with Crippen LogP contribution in [0.2, 0.25) is 0 Å². The SMILES string of the molecule is COc1cccc(CNC(=O)CNc2cccc(F)c2)c1. The first-order valence-corrected chi connectivity index (χ1v) is 6.56. The van der Waals surface area contributed by atoms with E-state index in [0.717, 1.165) is 11.3 Å². The third-order valence-electron chi connectivity index (χ3n) is 2.90. The predicted octanol–water partition coefficient (Wildman–Crippen LogP) is 2.56. The maximum atomic E-state index is 13.0. The second-order valence-corrected chi connectivity index (χ2v) is 4.49. The molecule has 0 radical (unpaired) electrons. The number of ether oxygens (including phenoxy) is 1. The van der Waals surface area contributed by atoms with Crippen LogP contribution in [-0.2, 0) is 11.3 Å². The third kappa shape index (κ3) is 4.80. The van der Waals surface area contributed by atoms with Gasteiger partial charge in [-0.05, 0) is 35.9 Å². The Kier molecular flexibility index (Phi) is 5.15. The molecule has 2 rings (SSSR count). The number of halogens is 1. The summed E-state index contributed by atoms with van der Waals surface area (Å²) in [5, 5.41) is 5.65. The fourth-order valence-corrected chi connectivity index (χ4v) is 1.83. The predicted molar refractivity (Wildman–Crippen MR) is 79.7 cm³/mol. The van der Waals surface area contributed by atoms with E-state index in [4.69, 9.17) is 4.74 Å². The summed E-state index contributed by atoms with van der Waals surface area (Å²) >= 11 is 0. The molecule has 110 valence electrons. The quantitative estimate of drug-likeness (QED) is 0.859. The van der Waals surface area contributed by atoms with Gasteiger partial charge in [-0.2, -0.15) is 0 Å². The van der Waals surface area contributed by atoms with E-state index in [0.29, 0.717) is 12.2 Å². The zero-order valence-electron chi connectivity index (χ0n) is 11.7. The van der Waals surface area contributed by atoms with Gasteiger partial charge in [0.05, 0.1) is 13.7 Å². The molecule has 5 heteroatoms. The number of anilines is 1. The van der Waals surface area contributed by atoms with Crippen molar-refractivity contribution in [1.29, 1.82) is 0 Å². The normalized spacial score (nSPS) is 10.0. The lowest BCUT2D eigenvalue weighted by molar-refractivity contribution is -0.119. The highest BCUT2D eigenvalue weighted by Gasteiger charge is 2.02. The minimum absolute atomic E-state index is 0.0907. The molecule has 0 unspecified atom stereocenters. The molecule has 2 aromatic carbocycles. The van der Waals surface area contributed by atoms with Gasteiger partial charge in [0.15, 0.2) is 0 Å². The average Bonchev–Trinajstić information content (AvgIpc) is 2.51. The van der Waals surface area contributed by atoms with Crippen molar-refractivity contribution in [3.05, 3.63) is 59.9 Å². The molecule has 0 bridgehead atoms. The first-order chi connectivity index (χ1) is 10.2. The Balaban J connectivity index is 1.79. The topological polar surface area (TPSA) is 50.4 Å². The largest absolute Gasteiger partial charge is 0.497 e. The van der Waals surface area contributed by atoms with E-state index in [1.54, 1.807) is 19.2 Å². The zero-order valence-corrected chi connectivity index (χ0v) is 11.7. The van der Waals surface area contributed by atoms with E-state index < -0.39 is 0 Å². The number of rotatable bonds is 6. The summed E-state index contributed by atoms with van der Waals surface area (Å²) in [6.45, 7) is 0.508. The number of nitrogens with one attached hydrogen (secondary N) is 2. The minimum Gasteiger partial charge on any atom is -0.497 e. The summed E-state index contributed by atoms with van der Waals surface area (Å²) in [4.78, 5) is 11.7. The first kappa shape index (κ1) is 14.8. The number of hydrogen-bond donors (Lipinski definition) is 2. The lowest BCUT2D eigenvalue weighted by Gasteiger charge is -2.08. The molecule has 0 aromatic heterocycles. The van der Waals surface area contributed by atoms with E-state index in [1.165, 1.54) is 12.1 Å². The summed E-state index contributed by atoms with van der Waals surface area (Å²) in [7, 11) is 1.60. The van der Waals surface area contributed by atoms with Crippen LogP contribution in [0.15, 0.2) is 48.5 Å². The second kappa shape index (κ2) is 7.28. The molecule has 0 spiro atoms. The molecule has 0 aliphatic heterocycles. The van der Waals surface area contributed by atoms with Gasteiger partial charge >= 0.3 is 0 Å². The highest BCUT2D eigenvalue weighted by Crippen LogP contribution is 2.12. The van der Waals surface area contributed by atoms with Gasteiger partial charge in [0, 0.05) is 12.2 Å². The molecule has 0 saturated heterocycles. The molecule has 2 aromatic rings. The van der Waals surface area contributed by atoms with Gasteiger partial charge in [0.25, 0.3) is 0 Å². The molecule has 4 nitrogen and oxygen atoms in total. The Morgan fingerprint density at radius 2 is 2.00 bits per heavy atom. The van der Waals surface area contributed by atoms with Crippen LogP contribution >= 0.6 is 0 Å². The van der Waals surface area contributed by atoms with Gasteiger partial charge in [-0.3, -0.25) is 4.79 Å². The van der Waals surface area contributed by atoms with Crippen molar-refractivity contribution in [2.45, 2.75) is 6.54 Å². The number of hydrogen-bond acceptors (Lipinski definition) is 3. The van der Waals surface area contributed by atoms with Gasteiger partial charge in [-0.15, -0.1) is 0 Å². The standard InChI is InChI=1S/C16H17FN2O2/c1-21-15-7-2-4-12(8-15)10-19-16(20)11-18-14-6-3-5-13(17)9-14/h2-9,18H,10-11H2,1H3,(H,19,20). The van der Waals surface area contributed by atoms with Crippen LogP contribution in [0.3, 0.4) is 0 Å². The van der Waals surface area contributed by atoms with E-state index in [2.05, 4.69) is 10.6 Å². The summed E-state index contributed by atoms with van der Waals surface area (Å²) in [5.74, 6) is 0.249. The number of carbonyl (C=O) groups is 1. The molecule has 2 N–H and O–H groups in total. The summed E-state index contributed by atoms with van der Waals surface area (Å²) in [6.07, 6.45) is 0. The fourth-order valence-electron chi connectivity index (χ4n) is 1.83. The molecular formula is C16H17FN2O2. The van der Waals surface area contributed by atoms with Crippen molar-refractivity contribution < 1.29 is 13.9 Å². The van der Waals surface area contributed by atoms with E-state index in [-0.39, 0.29) is 18.3 Å². The monoisotopic (exact) mass is 288 g/mol. The second-order valence-electron chi connectivity index (χ2n) is 4.49. The summed E-state index contributed by atoms with van der Waals surface area (Å²) in [6, 6.07) is 13.5. The van der Waals surface area contributed by atoms with Crippen molar-refractivity contribution in [3.63, 3.8) is 0 Å². The Morgan fingerprint density at radius 3 is 2.76 bits per heavy atom.